The number of hydrogen-bond donors (Lipinski definition) is 1. The fourth-order valence-corrected chi connectivity index (χ4v) is 1.67. The summed E-state index contributed by atoms with van der Waals surface area (Å²) in [6.07, 6.45) is 0. The van der Waals surface area contributed by atoms with Gasteiger partial charge < -0.3 is 14.8 Å². The van der Waals surface area contributed by atoms with Crippen LogP contribution in [0.15, 0.2) is 18.2 Å². The molecule has 0 spiro atoms. The van der Waals surface area contributed by atoms with Gasteiger partial charge in [-0.05, 0) is 43.9 Å². The number of nitrogens with one attached hydrogen (secondary N) is 1. The van der Waals surface area contributed by atoms with Gasteiger partial charge in [0, 0.05) is 6.04 Å². The first-order valence-corrected chi connectivity index (χ1v) is 7.45. The van der Waals surface area contributed by atoms with E-state index in [1.54, 1.807) is 6.07 Å². The summed E-state index contributed by atoms with van der Waals surface area (Å²) in [4.78, 5) is 23.2. The van der Waals surface area contributed by atoms with E-state index in [1.807, 2.05) is 46.8 Å². The molecule has 0 radical (unpaired) electrons. The monoisotopic (exact) mass is 307 g/mol. The highest BCUT2D eigenvalue weighted by atomic mass is 16.6. The summed E-state index contributed by atoms with van der Waals surface area (Å²) < 4.78 is 10.3. The highest BCUT2D eigenvalue weighted by Crippen LogP contribution is 2.20. The zero-order chi connectivity index (χ0) is 16.7. The molecule has 22 heavy (non-hydrogen) atoms. The fraction of sp³-hybridized carbons (Fsp3) is 0.529. The van der Waals surface area contributed by atoms with Crippen LogP contribution in [0.25, 0.3) is 0 Å². The van der Waals surface area contributed by atoms with Crippen molar-refractivity contribution in [3.8, 4) is 5.75 Å². The van der Waals surface area contributed by atoms with E-state index in [0.29, 0.717) is 11.7 Å². The Morgan fingerprint density at radius 1 is 1.14 bits per heavy atom. The molecular weight excluding hydrogens is 282 g/mol. The second-order valence-corrected chi connectivity index (χ2v) is 5.75. The first kappa shape index (κ1) is 18.0. The third-order valence-corrected chi connectivity index (χ3v) is 3.65. The van der Waals surface area contributed by atoms with Crippen LogP contribution in [0.1, 0.15) is 31.9 Å². The summed E-state index contributed by atoms with van der Waals surface area (Å²) in [7, 11) is 0. The van der Waals surface area contributed by atoms with E-state index in [1.165, 1.54) is 0 Å². The molecule has 1 rings (SSSR count). The van der Waals surface area contributed by atoms with Crippen LogP contribution in [-0.4, -0.2) is 31.1 Å². The third-order valence-electron chi connectivity index (χ3n) is 3.65. The van der Waals surface area contributed by atoms with Gasteiger partial charge in [0.1, 0.15) is 5.75 Å². The highest BCUT2D eigenvalue weighted by molar-refractivity contribution is 5.81. The van der Waals surface area contributed by atoms with Gasteiger partial charge >= 0.3 is 5.97 Å². The van der Waals surface area contributed by atoms with Crippen molar-refractivity contribution in [3.63, 3.8) is 0 Å². The van der Waals surface area contributed by atoms with Gasteiger partial charge in [-0.25, -0.2) is 4.79 Å². The largest absolute Gasteiger partial charge is 0.482 e. The van der Waals surface area contributed by atoms with Crippen molar-refractivity contribution >= 4 is 11.9 Å². The summed E-state index contributed by atoms with van der Waals surface area (Å²) in [5, 5.41) is 2.77. The SMILES string of the molecule is Cc1cccc(OCC(=O)OCC(=O)N[C@@H](C)C(C)C)c1C. The Balaban J connectivity index is 2.35. The van der Waals surface area contributed by atoms with Crippen LogP contribution in [0.4, 0.5) is 0 Å². The van der Waals surface area contributed by atoms with Gasteiger partial charge in [-0.15, -0.1) is 0 Å². The van der Waals surface area contributed by atoms with Crippen molar-refractivity contribution in [1.29, 1.82) is 0 Å². The molecule has 5 heteroatoms. The number of aryl methyl sites for hydroxylation is 1. The van der Waals surface area contributed by atoms with Gasteiger partial charge in [0.25, 0.3) is 5.91 Å². The standard InChI is InChI=1S/C17H25NO4/c1-11(2)14(5)18-16(19)9-22-17(20)10-21-15-8-6-7-12(3)13(15)4/h6-8,11,14H,9-10H2,1-5H3,(H,18,19)/t14-/m0/s1. The predicted molar refractivity (Wildman–Crippen MR) is 84.8 cm³/mol. The molecule has 122 valence electrons. The lowest BCUT2D eigenvalue weighted by Gasteiger charge is -2.17. The zero-order valence-corrected chi connectivity index (χ0v) is 13.9. The van der Waals surface area contributed by atoms with Crippen molar-refractivity contribution < 1.29 is 19.1 Å². The minimum atomic E-state index is -0.562. The molecule has 0 saturated heterocycles. The first-order chi connectivity index (χ1) is 10.3. The Morgan fingerprint density at radius 3 is 2.45 bits per heavy atom. The van der Waals surface area contributed by atoms with E-state index < -0.39 is 5.97 Å². The average Bonchev–Trinajstić information content (AvgIpc) is 2.46. The second kappa shape index (κ2) is 8.41. The smallest absolute Gasteiger partial charge is 0.344 e. The van der Waals surface area contributed by atoms with Crippen molar-refractivity contribution in [2.75, 3.05) is 13.2 Å². The molecular formula is C17H25NO4. The number of rotatable bonds is 7. The summed E-state index contributed by atoms with van der Waals surface area (Å²) in [5.41, 5.74) is 2.08. The van der Waals surface area contributed by atoms with Crippen LogP contribution in [-0.2, 0) is 14.3 Å². The van der Waals surface area contributed by atoms with E-state index in [2.05, 4.69) is 5.32 Å². The fourth-order valence-electron chi connectivity index (χ4n) is 1.67. The summed E-state index contributed by atoms with van der Waals surface area (Å²) >= 11 is 0. The molecule has 0 unspecified atom stereocenters. The van der Waals surface area contributed by atoms with Crippen LogP contribution in [0, 0.1) is 19.8 Å². The molecule has 1 aromatic carbocycles. The number of esters is 1. The second-order valence-electron chi connectivity index (χ2n) is 5.75. The molecule has 0 aliphatic rings. The van der Waals surface area contributed by atoms with E-state index in [0.717, 1.165) is 11.1 Å². The van der Waals surface area contributed by atoms with Gasteiger partial charge in [0.15, 0.2) is 13.2 Å². The van der Waals surface area contributed by atoms with E-state index in [4.69, 9.17) is 9.47 Å². The van der Waals surface area contributed by atoms with Crippen molar-refractivity contribution in [2.24, 2.45) is 5.92 Å². The van der Waals surface area contributed by atoms with Gasteiger partial charge in [-0.3, -0.25) is 4.79 Å². The Labute approximate surface area is 132 Å². The van der Waals surface area contributed by atoms with Gasteiger partial charge in [0.05, 0.1) is 0 Å². The number of benzene rings is 1. The van der Waals surface area contributed by atoms with Crippen LogP contribution in [0.5, 0.6) is 5.75 Å². The van der Waals surface area contributed by atoms with Crippen molar-refractivity contribution in [1.82, 2.24) is 5.32 Å². The molecule has 0 saturated carbocycles. The number of carbonyl (C=O) groups is 2. The maximum absolute atomic E-state index is 11.6. The lowest BCUT2D eigenvalue weighted by molar-refractivity contribution is -0.150. The number of carbonyl (C=O) groups excluding carboxylic acids is 2. The quantitative estimate of drug-likeness (QED) is 0.786. The van der Waals surface area contributed by atoms with E-state index in [-0.39, 0.29) is 25.2 Å². The minimum absolute atomic E-state index is 0.0393. The lowest BCUT2D eigenvalue weighted by Crippen LogP contribution is -2.39. The molecule has 5 nitrogen and oxygen atoms in total. The number of ether oxygens (including phenoxy) is 2. The molecule has 1 aromatic rings. The van der Waals surface area contributed by atoms with E-state index in [9.17, 15) is 9.59 Å². The Kier molecular flexibility index (Phi) is 6.89. The normalized spacial score (nSPS) is 11.9. The van der Waals surface area contributed by atoms with Crippen LogP contribution >= 0.6 is 0 Å². The lowest BCUT2D eigenvalue weighted by atomic mass is 10.1. The molecule has 0 fully saturated rings. The maximum Gasteiger partial charge on any atom is 0.344 e. The van der Waals surface area contributed by atoms with Crippen LogP contribution in [0.3, 0.4) is 0 Å². The van der Waals surface area contributed by atoms with Gasteiger partial charge in [-0.2, -0.15) is 0 Å². The van der Waals surface area contributed by atoms with Gasteiger partial charge in [0.2, 0.25) is 0 Å². The minimum Gasteiger partial charge on any atom is -0.482 e. The molecule has 0 aromatic heterocycles. The highest BCUT2D eigenvalue weighted by Gasteiger charge is 2.13. The first-order valence-electron chi connectivity index (χ1n) is 7.45. The molecule has 1 N–H and O–H groups in total. The summed E-state index contributed by atoms with van der Waals surface area (Å²) in [5.74, 6) is 0.108. The molecule has 1 atom stereocenters. The predicted octanol–water partition coefficient (Wildman–Crippen LogP) is 2.39. The van der Waals surface area contributed by atoms with Crippen molar-refractivity contribution in [2.45, 2.75) is 40.7 Å². The van der Waals surface area contributed by atoms with Crippen molar-refractivity contribution in [3.05, 3.63) is 29.3 Å². The topological polar surface area (TPSA) is 64.6 Å². The molecule has 1 amide bonds. The molecule has 0 bridgehead atoms. The Hall–Kier alpha value is -2.04. The van der Waals surface area contributed by atoms with Crippen LogP contribution in [0.2, 0.25) is 0 Å². The average molecular weight is 307 g/mol. The molecule has 0 aliphatic carbocycles. The number of amides is 1. The maximum atomic E-state index is 11.6. The van der Waals surface area contributed by atoms with Gasteiger partial charge in [-0.1, -0.05) is 26.0 Å². The number of hydrogen-bond acceptors (Lipinski definition) is 4. The summed E-state index contributed by atoms with van der Waals surface area (Å²) in [6.45, 7) is 9.33. The Morgan fingerprint density at radius 2 is 1.82 bits per heavy atom. The van der Waals surface area contributed by atoms with E-state index >= 15 is 0 Å². The summed E-state index contributed by atoms with van der Waals surface area (Å²) in [6, 6.07) is 5.68. The molecule has 0 aliphatic heterocycles. The molecule has 0 heterocycles. The zero-order valence-electron chi connectivity index (χ0n) is 13.9. The third kappa shape index (κ3) is 5.76. The van der Waals surface area contributed by atoms with Crippen LogP contribution < -0.4 is 10.1 Å². The Bertz CT molecular complexity index is 525.